The van der Waals surface area contributed by atoms with Crippen LogP contribution in [0.3, 0.4) is 0 Å². The lowest BCUT2D eigenvalue weighted by Gasteiger charge is -2.21. The van der Waals surface area contributed by atoms with E-state index < -0.39 is 23.4 Å². The fourth-order valence-corrected chi connectivity index (χ4v) is 2.48. The quantitative estimate of drug-likeness (QED) is 0.562. The molecule has 0 bridgehead atoms. The van der Waals surface area contributed by atoms with Gasteiger partial charge in [0.2, 0.25) is 0 Å². The average molecular weight is 400 g/mol. The van der Waals surface area contributed by atoms with Gasteiger partial charge in [-0.15, -0.1) is 0 Å². The molecule has 0 fully saturated rings. The lowest BCUT2D eigenvalue weighted by Crippen LogP contribution is -2.40. The van der Waals surface area contributed by atoms with Crippen molar-refractivity contribution in [3.05, 3.63) is 29.3 Å². The third-order valence-corrected chi connectivity index (χ3v) is 3.79. The first-order chi connectivity index (χ1) is 13.2. The second-order valence-electron chi connectivity index (χ2n) is 6.81. The highest BCUT2D eigenvalue weighted by atomic mass is 19.4. The number of alkyl halides is 3. The molecular weight excluding hydrogens is 373 g/mol. The summed E-state index contributed by atoms with van der Waals surface area (Å²) in [7, 11) is 0. The van der Waals surface area contributed by atoms with Gasteiger partial charge in [-0.3, -0.25) is 4.79 Å². The van der Waals surface area contributed by atoms with Crippen molar-refractivity contribution in [1.29, 1.82) is 5.26 Å². The van der Waals surface area contributed by atoms with Gasteiger partial charge in [-0.2, -0.15) is 18.4 Å². The Hall–Kier alpha value is -2.27. The van der Waals surface area contributed by atoms with Gasteiger partial charge in [-0.25, -0.2) is 0 Å². The lowest BCUT2D eigenvalue weighted by atomic mass is 10.0. The molecule has 0 spiro atoms. The predicted molar refractivity (Wildman–Crippen MR) is 98.8 cm³/mol. The van der Waals surface area contributed by atoms with Crippen LogP contribution < -0.4 is 10.1 Å². The van der Waals surface area contributed by atoms with Gasteiger partial charge in [0.15, 0.2) is 6.10 Å². The summed E-state index contributed by atoms with van der Waals surface area (Å²) >= 11 is 0. The van der Waals surface area contributed by atoms with Gasteiger partial charge in [0.05, 0.1) is 17.2 Å². The molecule has 0 aromatic heterocycles. The van der Waals surface area contributed by atoms with Crippen LogP contribution >= 0.6 is 0 Å². The molecule has 1 N–H and O–H groups in total. The summed E-state index contributed by atoms with van der Waals surface area (Å²) < 4.78 is 50.3. The molecular formula is C20H27F3N2O3. The zero-order valence-corrected chi connectivity index (χ0v) is 16.4. The Labute approximate surface area is 163 Å². The van der Waals surface area contributed by atoms with Crippen molar-refractivity contribution in [1.82, 2.24) is 5.32 Å². The Morgan fingerprint density at radius 3 is 2.57 bits per heavy atom. The van der Waals surface area contributed by atoms with Crippen LogP contribution in [0.4, 0.5) is 13.2 Å². The highest BCUT2D eigenvalue weighted by Crippen LogP contribution is 2.34. The molecule has 0 radical (unpaired) electrons. The number of ether oxygens (including phenoxy) is 2. The molecule has 0 saturated carbocycles. The molecule has 1 rings (SSSR count). The van der Waals surface area contributed by atoms with Crippen molar-refractivity contribution in [2.45, 2.75) is 52.3 Å². The first-order valence-corrected chi connectivity index (χ1v) is 9.32. The molecule has 0 aliphatic carbocycles. The number of carbonyl (C=O) groups excluding carboxylic acids is 1. The number of nitrogens with one attached hydrogen (secondary N) is 1. The molecule has 1 atom stereocenters. The molecule has 156 valence electrons. The number of nitriles is 1. The van der Waals surface area contributed by atoms with E-state index in [4.69, 9.17) is 14.7 Å². The van der Waals surface area contributed by atoms with E-state index in [-0.39, 0.29) is 17.6 Å². The van der Waals surface area contributed by atoms with Crippen LogP contribution in [-0.2, 0) is 15.7 Å². The van der Waals surface area contributed by atoms with Gasteiger partial charge >= 0.3 is 6.18 Å². The molecule has 8 heteroatoms. The minimum Gasteiger partial charge on any atom is -0.481 e. The monoisotopic (exact) mass is 400 g/mol. The summed E-state index contributed by atoms with van der Waals surface area (Å²) in [5.74, 6) is -0.385. The molecule has 0 heterocycles. The van der Waals surface area contributed by atoms with Crippen LogP contribution in [-0.4, -0.2) is 31.8 Å². The highest BCUT2D eigenvalue weighted by molar-refractivity contribution is 5.81. The molecule has 0 aliphatic rings. The molecule has 0 saturated heterocycles. The third-order valence-electron chi connectivity index (χ3n) is 3.79. The van der Waals surface area contributed by atoms with E-state index in [1.165, 1.54) is 12.1 Å². The van der Waals surface area contributed by atoms with Crippen molar-refractivity contribution in [2.75, 3.05) is 19.8 Å². The molecule has 1 unspecified atom stereocenters. The van der Waals surface area contributed by atoms with Crippen LogP contribution in [0.25, 0.3) is 0 Å². The minimum atomic E-state index is -4.68. The van der Waals surface area contributed by atoms with Gasteiger partial charge in [0.25, 0.3) is 5.91 Å². The standard InChI is InChI=1S/C20H27F3N2O3/c1-4-9-27-10-5-8-25-19(26)18(11-14(2)3)28-16-7-6-15(13-24)17(12-16)20(21,22)23/h6-7,12,14,18H,4-5,8-11H2,1-3H3,(H,25,26). The maximum atomic E-state index is 13.1. The van der Waals surface area contributed by atoms with E-state index in [1.54, 1.807) is 0 Å². The van der Waals surface area contributed by atoms with Crippen molar-refractivity contribution in [2.24, 2.45) is 5.92 Å². The van der Waals surface area contributed by atoms with Gasteiger partial charge in [-0.1, -0.05) is 20.8 Å². The topological polar surface area (TPSA) is 71.3 Å². The normalized spacial score (nSPS) is 12.5. The number of rotatable bonds is 11. The van der Waals surface area contributed by atoms with Crippen LogP contribution in [0.5, 0.6) is 5.75 Å². The van der Waals surface area contributed by atoms with Crippen molar-refractivity contribution < 1.29 is 27.4 Å². The van der Waals surface area contributed by atoms with Crippen LogP contribution in [0.1, 0.15) is 51.2 Å². The van der Waals surface area contributed by atoms with Gasteiger partial charge in [0.1, 0.15) is 5.75 Å². The second-order valence-corrected chi connectivity index (χ2v) is 6.81. The summed E-state index contributed by atoms with van der Waals surface area (Å²) in [4.78, 5) is 12.4. The van der Waals surface area contributed by atoms with E-state index in [2.05, 4.69) is 5.32 Å². The predicted octanol–water partition coefficient (Wildman–Crippen LogP) is 4.30. The van der Waals surface area contributed by atoms with E-state index >= 15 is 0 Å². The minimum absolute atomic E-state index is 0.0987. The first-order valence-electron chi connectivity index (χ1n) is 9.32. The molecule has 5 nitrogen and oxygen atoms in total. The number of carbonyl (C=O) groups is 1. The Bertz CT molecular complexity index is 670. The number of hydrogen-bond donors (Lipinski definition) is 1. The van der Waals surface area contributed by atoms with E-state index in [9.17, 15) is 18.0 Å². The molecule has 0 aliphatic heterocycles. The SMILES string of the molecule is CCCOCCCNC(=O)C(CC(C)C)Oc1ccc(C#N)c(C(F)(F)F)c1. The Morgan fingerprint density at radius 2 is 2.00 bits per heavy atom. The second kappa shape index (κ2) is 11.5. The molecule has 1 aromatic carbocycles. The fourth-order valence-electron chi connectivity index (χ4n) is 2.48. The van der Waals surface area contributed by atoms with Crippen molar-refractivity contribution >= 4 is 5.91 Å². The summed E-state index contributed by atoms with van der Waals surface area (Å²) in [5.41, 5.74) is -1.57. The summed E-state index contributed by atoms with van der Waals surface area (Å²) in [5, 5.41) is 11.6. The van der Waals surface area contributed by atoms with Gasteiger partial charge < -0.3 is 14.8 Å². The highest BCUT2D eigenvalue weighted by Gasteiger charge is 2.34. The smallest absolute Gasteiger partial charge is 0.417 e. The lowest BCUT2D eigenvalue weighted by molar-refractivity contribution is -0.137. The zero-order valence-electron chi connectivity index (χ0n) is 16.4. The number of halogens is 3. The largest absolute Gasteiger partial charge is 0.481 e. The zero-order chi connectivity index (χ0) is 21.2. The van der Waals surface area contributed by atoms with Crippen LogP contribution in [0.2, 0.25) is 0 Å². The number of amides is 1. The fraction of sp³-hybridized carbons (Fsp3) is 0.600. The maximum Gasteiger partial charge on any atom is 0.417 e. The Kier molecular flexibility index (Phi) is 9.80. The van der Waals surface area contributed by atoms with Crippen LogP contribution in [0, 0.1) is 17.2 Å². The third kappa shape index (κ3) is 8.17. The Morgan fingerprint density at radius 1 is 1.29 bits per heavy atom. The number of nitrogens with zero attached hydrogens (tertiary/aromatic N) is 1. The van der Waals surface area contributed by atoms with Gasteiger partial charge in [0, 0.05) is 19.8 Å². The van der Waals surface area contributed by atoms with E-state index in [0.717, 1.165) is 18.6 Å². The van der Waals surface area contributed by atoms with Crippen molar-refractivity contribution in [3.63, 3.8) is 0 Å². The van der Waals surface area contributed by atoms with E-state index in [1.807, 2.05) is 20.8 Å². The molecule has 1 aromatic rings. The molecule has 1 amide bonds. The summed E-state index contributed by atoms with van der Waals surface area (Å²) in [6.45, 7) is 7.36. The summed E-state index contributed by atoms with van der Waals surface area (Å²) in [6, 6.07) is 4.60. The van der Waals surface area contributed by atoms with Crippen molar-refractivity contribution in [3.8, 4) is 11.8 Å². The average Bonchev–Trinajstić information content (AvgIpc) is 2.62. The van der Waals surface area contributed by atoms with Crippen LogP contribution in [0.15, 0.2) is 18.2 Å². The van der Waals surface area contributed by atoms with Gasteiger partial charge in [-0.05, 0) is 43.4 Å². The molecule has 28 heavy (non-hydrogen) atoms. The number of hydrogen-bond acceptors (Lipinski definition) is 4. The first kappa shape index (κ1) is 23.8. The summed E-state index contributed by atoms with van der Waals surface area (Å²) in [6.07, 6.45) is -3.71. The maximum absolute atomic E-state index is 13.1. The number of benzene rings is 1. The van der Waals surface area contributed by atoms with E-state index in [0.29, 0.717) is 32.6 Å². The Balaban J connectivity index is 2.81.